The van der Waals surface area contributed by atoms with Crippen LogP contribution >= 0.6 is 0 Å². The minimum Gasteiger partial charge on any atom is -0.497 e. The molecule has 1 unspecified atom stereocenters. The van der Waals surface area contributed by atoms with Crippen LogP contribution in [-0.2, 0) is 16.1 Å². The molecule has 2 rings (SSSR count). The number of aryl methyl sites for hydroxylation is 1. The highest BCUT2D eigenvalue weighted by molar-refractivity contribution is 5.95. The Morgan fingerprint density at radius 1 is 1.04 bits per heavy atom. The lowest BCUT2D eigenvalue weighted by Crippen LogP contribution is -3.08. The third-order valence-corrected chi connectivity index (χ3v) is 4.45. The van der Waals surface area contributed by atoms with Crippen molar-refractivity contribution < 1.29 is 19.2 Å². The molecule has 0 saturated carbocycles. The Labute approximate surface area is 160 Å². The molecule has 0 fully saturated rings. The van der Waals surface area contributed by atoms with Crippen LogP contribution in [0.25, 0.3) is 0 Å². The molecule has 0 aliphatic heterocycles. The topological polar surface area (TPSA) is 71.9 Å². The van der Waals surface area contributed by atoms with Crippen molar-refractivity contribution in [1.82, 2.24) is 5.32 Å². The highest BCUT2D eigenvalue weighted by Crippen LogP contribution is 2.17. The van der Waals surface area contributed by atoms with Gasteiger partial charge in [0.25, 0.3) is 5.91 Å². The summed E-state index contributed by atoms with van der Waals surface area (Å²) in [5.74, 6) is 0.422. The molecule has 3 N–H and O–H groups in total. The van der Waals surface area contributed by atoms with Crippen molar-refractivity contribution in [2.24, 2.45) is 0 Å². The number of benzene rings is 2. The van der Waals surface area contributed by atoms with E-state index in [-0.39, 0.29) is 18.4 Å². The predicted octanol–water partition coefficient (Wildman–Crippen LogP) is 1.08. The van der Waals surface area contributed by atoms with Crippen LogP contribution in [-0.4, -0.2) is 39.1 Å². The van der Waals surface area contributed by atoms with Gasteiger partial charge in [0.2, 0.25) is 5.91 Å². The molecule has 6 nitrogen and oxygen atoms in total. The van der Waals surface area contributed by atoms with Gasteiger partial charge in [-0.05, 0) is 55.3 Å². The predicted molar refractivity (Wildman–Crippen MR) is 106 cm³/mol. The lowest BCUT2D eigenvalue weighted by molar-refractivity contribution is -0.885. The van der Waals surface area contributed by atoms with Crippen molar-refractivity contribution in [3.63, 3.8) is 0 Å². The van der Waals surface area contributed by atoms with Crippen molar-refractivity contribution in [1.29, 1.82) is 0 Å². The number of amides is 2. The van der Waals surface area contributed by atoms with Crippen LogP contribution < -0.4 is 20.3 Å². The fraction of sp³-hybridized carbons (Fsp3) is 0.333. The second kappa shape index (κ2) is 9.73. The van der Waals surface area contributed by atoms with Crippen LogP contribution in [0.15, 0.2) is 42.5 Å². The van der Waals surface area contributed by atoms with E-state index in [0.717, 1.165) is 33.0 Å². The molecule has 0 aromatic heterocycles. The molecule has 0 aliphatic rings. The zero-order valence-corrected chi connectivity index (χ0v) is 16.4. The van der Waals surface area contributed by atoms with E-state index in [0.29, 0.717) is 13.1 Å². The third-order valence-electron chi connectivity index (χ3n) is 4.45. The van der Waals surface area contributed by atoms with Crippen LogP contribution in [0.2, 0.25) is 0 Å². The average Bonchev–Trinajstić information content (AvgIpc) is 2.64. The Kier molecular flexibility index (Phi) is 7.37. The van der Waals surface area contributed by atoms with E-state index in [4.69, 9.17) is 4.74 Å². The monoisotopic (exact) mass is 370 g/mol. The number of likely N-dealkylation sites (N-methyl/N-ethyl adjacent to an activating group) is 1. The lowest BCUT2D eigenvalue weighted by Gasteiger charge is -2.14. The van der Waals surface area contributed by atoms with Gasteiger partial charge in [-0.1, -0.05) is 12.1 Å². The summed E-state index contributed by atoms with van der Waals surface area (Å²) in [6.45, 7) is 4.92. The third kappa shape index (κ3) is 6.42. The van der Waals surface area contributed by atoms with Crippen LogP contribution in [0, 0.1) is 13.8 Å². The van der Waals surface area contributed by atoms with Gasteiger partial charge in [0.05, 0.1) is 20.7 Å². The van der Waals surface area contributed by atoms with Gasteiger partial charge in [0.1, 0.15) is 12.3 Å². The van der Waals surface area contributed by atoms with Crippen LogP contribution in [0.4, 0.5) is 5.69 Å². The van der Waals surface area contributed by atoms with Crippen molar-refractivity contribution in [3.8, 4) is 5.75 Å². The van der Waals surface area contributed by atoms with Crippen molar-refractivity contribution in [2.75, 3.05) is 32.6 Å². The van der Waals surface area contributed by atoms with Gasteiger partial charge >= 0.3 is 0 Å². The standard InChI is InChI=1S/C21H27N3O3/c1-15-6-5-7-19(16(15)2)23-20(25)12-22-21(26)14-24(3)13-17-8-10-18(27-4)11-9-17/h5-11H,12-14H2,1-4H3,(H,22,26)(H,23,25)/p+1. The van der Waals surface area contributed by atoms with E-state index in [1.807, 2.05) is 63.4 Å². The molecule has 0 radical (unpaired) electrons. The minimum atomic E-state index is -0.232. The van der Waals surface area contributed by atoms with Gasteiger partial charge in [-0.3, -0.25) is 9.59 Å². The van der Waals surface area contributed by atoms with E-state index >= 15 is 0 Å². The van der Waals surface area contributed by atoms with E-state index in [2.05, 4.69) is 10.6 Å². The molecule has 2 aromatic rings. The second-order valence-electron chi connectivity index (χ2n) is 6.73. The molecule has 0 bridgehead atoms. The summed E-state index contributed by atoms with van der Waals surface area (Å²) in [4.78, 5) is 25.2. The molecule has 0 aliphatic carbocycles. The first kappa shape index (κ1) is 20.5. The van der Waals surface area contributed by atoms with E-state index in [9.17, 15) is 9.59 Å². The molecule has 2 amide bonds. The maximum atomic E-state index is 12.1. The number of hydrogen-bond donors (Lipinski definition) is 3. The number of hydrogen-bond acceptors (Lipinski definition) is 3. The molecule has 0 spiro atoms. The first-order valence-electron chi connectivity index (χ1n) is 8.96. The summed E-state index contributed by atoms with van der Waals surface area (Å²) < 4.78 is 5.14. The van der Waals surface area contributed by atoms with Crippen LogP contribution in [0.5, 0.6) is 5.75 Å². The highest BCUT2D eigenvalue weighted by atomic mass is 16.5. The van der Waals surface area contributed by atoms with E-state index in [1.165, 1.54) is 0 Å². The molecule has 6 heteroatoms. The van der Waals surface area contributed by atoms with Crippen molar-refractivity contribution in [2.45, 2.75) is 20.4 Å². The number of anilines is 1. The summed E-state index contributed by atoms with van der Waals surface area (Å²) >= 11 is 0. The lowest BCUT2D eigenvalue weighted by atomic mass is 10.1. The van der Waals surface area contributed by atoms with Gasteiger partial charge in [0.15, 0.2) is 6.54 Å². The quantitative estimate of drug-likeness (QED) is 0.651. The first-order chi connectivity index (χ1) is 12.9. The largest absolute Gasteiger partial charge is 0.497 e. The van der Waals surface area contributed by atoms with Crippen LogP contribution in [0.1, 0.15) is 16.7 Å². The number of carbonyl (C=O) groups is 2. The smallest absolute Gasteiger partial charge is 0.275 e. The van der Waals surface area contributed by atoms with Gasteiger partial charge in [-0.2, -0.15) is 0 Å². The maximum absolute atomic E-state index is 12.1. The summed E-state index contributed by atoms with van der Waals surface area (Å²) in [5.41, 5.74) is 4.03. The van der Waals surface area contributed by atoms with Crippen molar-refractivity contribution in [3.05, 3.63) is 59.2 Å². The summed E-state index contributed by atoms with van der Waals surface area (Å²) in [6.07, 6.45) is 0. The maximum Gasteiger partial charge on any atom is 0.275 e. The SMILES string of the molecule is COc1ccc(C[NH+](C)CC(=O)NCC(=O)Nc2cccc(C)c2C)cc1. The zero-order chi connectivity index (χ0) is 19.8. The number of ether oxygens (including phenoxy) is 1. The minimum absolute atomic E-state index is 0.0397. The zero-order valence-electron chi connectivity index (χ0n) is 16.4. The summed E-state index contributed by atoms with van der Waals surface area (Å²) in [5, 5.41) is 5.52. The Hall–Kier alpha value is -2.86. The number of nitrogens with one attached hydrogen (secondary N) is 3. The molecule has 0 heterocycles. The molecular weight excluding hydrogens is 342 g/mol. The second-order valence-corrected chi connectivity index (χ2v) is 6.73. The number of methoxy groups -OCH3 is 1. The fourth-order valence-electron chi connectivity index (χ4n) is 2.75. The van der Waals surface area contributed by atoms with E-state index < -0.39 is 0 Å². The van der Waals surface area contributed by atoms with Crippen LogP contribution in [0.3, 0.4) is 0 Å². The Bertz CT molecular complexity index is 788. The Morgan fingerprint density at radius 2 is 1.74 bits per heavy atom. The normalized spacial score (nSPS) is 11.6. The van der Waals surface area contributed by atoms with Gasteiger partial charge in [-0.15, -0.1) is 0 Å². The number of quaternary nitrogens is 1. The number of rotatable bonds is 8. The fourth-order valence-corrected chi connectivity index (χ4v) is 2.75. The molecular formula is C21H28N3O3+. The van der Waals surface area contributed by atoms with Crippen molar-refractivity contribution >= 4 is 17.5 Å². The van der Waals surface area contributed by atoms with Gasteiger partial charge in [0, 0.05) is 11.3 Å². The molecule has 27 heavy (non-hydrogen) atoms. The Balaban J connectivity index is 1.75. The summed E-state index contributed by atoms with van der Waals surface area (Å²) in [7, 11) is 3.58. The van der Waals surface area contributed by atoms with Gasteiger partial charge < -0.3 is 20.3 Å². The Morgan fingerprint density at radius 3 is 2.41 bits per heavy atom. The molecule has 2 aromatic carbocycles. The average molecular weight is 370 g/mol. The molecule has 1 atom stereocenters. The highest BCUT2D eigenvalue weighted by Gasteiger charge is 2.12. The van der Waals surface area contributed by atoms with E-state index in [1.54, 1.807) is 7.11 Å². The molecule has 0 saturated heterocycles. The molecule has 144 valence electrons. The number of carbonyl (C=O) groups excluding carboxylic acids is 2. The van der Waals surface area contributed by atoms with Gasteiger partial charge in [-0.25, -0.2) is 0 Å². The summed E-state index contributed by atoms with van der Waals surface area (Å²) in [6, 6.07) is 13.5. The first-order valence-corrected chi connectivity index (χ1v) is 8.96.